The summed E-state index contributed by atoms with van der Waals surface area (Å²) in [5.74, 6) is 0.843. The summed E-state index contributed by atoms with van der Waals surface area (Å²) >= 11 is 0. The fourth-order valence-electron chi connectivity index (χ4n) is 3.82. The van der Waals surface area contributed by atoms with Gasteiger partial charge >= 0.3 is 0 Å². The lowest BCUT2D eigenvalue weighted by molar-refractivity contribution is 0.171. The van der Waals surface area contributed by atoms with Crippen molar-refractivity contribution in [3.63, 3.8) is 0 Å². The second kappa shape index (κ2) is 7.48. The van der Waals surface area contributed by atoms with Gasteiger partial charge in [0.05, 0.1) is 4.90 Å². The van der Waals surface area contributed by atoms with Gasteiger partial charge in [0.25, 0.3) is 0 Å². The highest BCUT2D eigenvalue weighted by atomic mass is 32.2. The number of fused-ring (bicyclic) bond motifs is 1. The average molecular weight is 391 g/mol. The van der Waals surface area contributed by atoms with Gasteiger partial charge in [0.15, 0.2) is 11.5 Å². The van der Waals surface area contributed by atoms with Crippen LogP contribution < -0.4 is 14.2 Å². The predicted molar refractivity (Wildman–Crippen MR) is 98.9 cm³/mol. The molecule has 0 bridgehead atoms. The van der Waals surface area contributed by atoms with Gasteiger partial charge < -0.3 is 9.47 Å². The minimum Gasteiger partial charge on any atom is -0.486 e. The van der Waals surface area contributed by atoms with Crippen molar-refractivity contribution in [2.24, 2.45) is 5.92 Å². The first kappa shape index (κ1) is 18.3. The summed E-state index contributed by atoms with van der Waals surface area (Å²) in [5.41, 5.74) is 0.782. The van der Waals surface area contributed by atoms with E-state index in [-0.39, 0.29) is 22.7 Å². The number of sulfonamides is 1. The van der Waals surface area contributed by atoms with E-state index in [1.165, 1.54) is 24.3 Å². The Morgan fingerprint density at radius 1 is 0.963 bits per heavy atom. The smallest absolute Gasteiger partial charge is 0.241 e. The van der Waals surface area contributed by atoms with E-state index in [4.69, 9.17) is 9.47 Å². The normalized spacial score (nSPS) is 18.4. The SMILES string of the molecule is O=S(=O)(N[C@@H](c1ccc(F)cc1)C1CCCC1)c1ccc2c(c1)OCCO2. The third-order valence-corrected chi connectivity index (χ3v) is 6.65. The third-order valence-electron chi connectivity index (χ3n) is 5.21. The van der Waals surface area contributed by atoms with Crippen LogP contribution in [0.3, 0.4) is 0 Å². The molecule has 1 aliphatic heterocycles. The molecule has 1 N–H and O–H groups in total. The molecule has 1 saturated carbocycles. The fourth-order valence-corrected chi connectivity index (χ4v) is 5.13. The van der Waals surface area contributed by atoms with Gasteiger partial charge in [-0.05, 0) is 48.6 Å². The number of hydrogen-bond acceptors (Lipinski definition) is 4. The van der Waals surface area contributed by atoms with Crippen LogP contribution in [0.4, 0.5) is 4.39 Å². The molecule has 1 heterocycles. The van der Waals surface area contributed by atoms with E-state index in [1.54, 1.807) is 18.2 Å². The van der Waals surface area contributed by atoms with E-state index in [2.05, 4.69) is 4.72 Å². The van der Waals surface area contributed by atoms with Gasteiger partial charge in [0.1, 0.15) is 19.0 Å². The van der Waals surface area contributed by atoms with E-state index in [1.807, 2.05) is 0 Å². The molecule has 0 radical (unpaired) electrons. The van der Waals surface area contributed by atoms with E-state index in [0.29, 0.717) is 24.7 Å². The number of benzene rings is 2. The van der Waals surface area contributed by atoms with Gasteiger partial charge in [0, 0.05) is 12.1 Å². The van der Waals surface area contributed by atoms with Crippen molar-refractivity contribution in [1.29, 1.82) is 0 Å². The molecule has 2 aliphatic rings. The van der Waals surface area contributed by atoms with Crippen LogP contribution >= 0.6 is 0 Å². The molecule has 0 unspecified atom stereocenters. The third kappa shape index (κ3) is 3.94. The zero-order chi connectivity index (χ0) is 18.9. The van der Waals surface area contributed by atoms with Crippen molar-refractivity contribution in [3.05, 3.63) is 53.8 Å². The first-order valence-electron chi connectivity index (χ1n) is 9.20. The highest BCUT2D eigenvalue weighted by Gasteiger charge is 2.31. The van der Waals surface area contributed by atoms with Crippen LogP contribution in [-0.4, -0.2) is 21.6 Å². The van der Waals surface area contributed by atoms with Gasteiger partial charge in [-0.2, -0.15) is 0 Å². The van der Waals surface area contributed by atoms with Gasteiger partial charge in [0.2, 0.25) is 10.0 Å². The molecule has 1 fully saturated rings. The molecule has 2 aromatic rings. The zero-order valence-corrected chi connectivity index (χ0v) is 15.7. The minimum absolute atomic E-state index is 0.136. The van der Waals surface area contributed by atoms with E-state index >= 15 is 0 Å². The highest BCUT2D eigenvalue weighted by Crippen LogP contribution is 2.38. The second-order valence-electron chi connectivity index (χ2n) is 7.00. The Morgan fingerprint density at radius 2 is 1.63 bits per heavy atom. The lowest BCUT2D eigenvalue weighted by Gasteiger charge is -2.25. The Hall–Kier alpha value is -2.12. The zero-order valence-electron chi connectivity index (χ0n) is 14.9. The summed E-state index contributed by atoms with van der Waals surface area (Å²) in [4.78, 5) is 0.136. The van der Waals surface area contributed by atoms with Crippen molar-refractivity contribution in [2.75, 3.05) is 13.2 Å². The van der Waals surface area contributed by atoms with Crippen molar-refractivity contribution >= 4 is 10.0 Å². The Kier molecular flexibility index (Phi) is 5.06. The van der Waals surface area contributed by atoms with Crippen LogP contribution in [0.1, 0.15) is 37.3 Å². The van der Waals surface area contributed by atoms with Crippen LogP contribution in [-0.2, 0) is 10.0 Å². The van der Waals surface area contributed by atoms with Crippen LogP contribution in [0, 0.1) is 11.7 Å². The predicted octanol–water partition coefficient (Wildman–Crippen LogP) is 3.81. The summed E-state index contributed by atoms with van der Waals surface area (Å²) in [6, 6.07) is 10.3. The molecule has 144 valence electrons. The molecule has 0 aromatic heterocycles. The van der Waals surface area contributed by atoms with E-state index in [9.17, 15) is 12.8 Å². The van der Waals surface area contributed by atoms with E-state index < -0.39 is 10.0 Å². The Balaban J connectivity index is 1.64. The van der Waals surface area contributed by atoms with E-state index in [0.717, 1.165) is 31.2 Å². The molecule has 2 aromatic carbocycles. The minimum atomic E-state index is -3.77. The Bertz CT molecular complexity index is 908. The number of halogens is 1. The van der Waals surface area contributed by atoms with Crippen LogP contribution in [0.25, 0.3) is 0 Å². The van der Waals surface area contributed by atoms with Crippen molar-refractivity contribution in [2.45, 2.75) is 36.6 Å². The quantitative estimate of drug-likeness (QED) is 0.842. The molecule has 4 rings (SSSR count). The summed E-state index contributed by atoms with van der Waals surface area (Å²) in [6.45, 7) is 0.843. The van der Waals surface area contributed by atoms with Crippen LogP contribution in [0.15, 0.2) is 47.4 Å². The molecular formula is C20H22FNO4S. The first-order chi connectivity index (χ1) is 13.0. The molecule has 1 atom stereocenters. The maximum Gasteiger partial charge on any atom is 0.241 e. The monoisotopic (exact) mass is 391 g/mol. The number of rotatable bonds is 5. The Labute approximate surface area is 158 Å². The molecule has 0 spiro atoms. The summed E-state index contributed by atoms with van der Waals surface area (Å²) in [6.07, 6.45) is 4.06. The second-order valence-corrected chi connectivity index (χ2v) is 8.71. The molecule has 0 amide bonds. The molecule has 5 nitrogen and oxygen atoms in total. The topological polar surface area (TPSA) is 64.6 Å². The Morgan fingerprint density at radius 3 is 2.33 bits per heavy atom. The maximum atomic E-state index is 13.3. The molecule has 27 heavy (non-hydrogen) atoms. The summed E-state index contributed by atoms with van der Waals surface area (Å²) < 4.78 is 53.2. The van der Waals surface area contributed by atoms with Gasteiger partial charge in [-0.1, -0.05) is 25.0 Å². The van der Waals surface area contributed by atoms with Crippen molar-refractivity contribution < 1.29 is 22.3 Å². The largest absolute Gasteiger partial charge is 0.486 e. The van der Waals surface area contributed by atoms with Gasteiger partial charge in [-0.3, -0.25) is 0 Å². The molecule has 7 heteroatoms. The van der Waals surface area contributed by atoms with Crippen LogP contribution in [0.2, 0.25) is 0 Å². The first-order valence-corrected chi connectivity index (χ1v) is 10.7. The van der Waals surface area contributed by atoms with Crippen LogP contribution in [0.5, 0.6) is 11.5 Å². The standard InChI is InChI=1S/C20H22FNO4S/c21-16-7-5-15(6-8-16)20(14-3-1-2-4-14)22-27(23,24)17-9-10-18-19(13-17)26-12-11-25-18/h5-10,13-14,20,22H,1-4,11-12H2/t20-/m1/s1. The lowest BCUT2D eigenvalue weighted by atomic mass is 9.92. The van der Waals surface area contributed by atoms with Gasteiger partial charge in [-0.15, -0.1) is 0 Å². The number of ether oxygens (including phenoxy) is 2. The highest BCUT2D eigenvalue weighted by molar-refractivity contribution is 7.89. The number of hydrogen-bond donors (Lipinski definition) is 1. The summed E-state index contributed by atoms with van der Waals surface area (Å²) in [7, 11) is -3.77. The summed E-state index contributed by atoms with van der Waals surface area (Å²) in [5, 5.41) is 0. The number of nitrogens with one attached hydrogen (secondary N) is 1. The lowest BCUT2D eigenvalue weighted by Crippen LogP contribution is -2.33. The molecular weight excluding hydrogens is 369 g/mol. The molecule has 0 saturated heterocycles. The van der Waals surface area contributed by atoms with Gasteiger partial charge in [-0.25, -0.2) is 17.5 Å². The maximum absolute atomic E-state index is 13.3. The fraction of sp³-hybridized carbons (Fsp3) is 0.400. The van der Waals surface area contributed by atoms with Crippen molar-refractivity contribution in [1.82, 2.24) is 4.72 Å². The molecule has 1 aliphatic carbocycles. The average Bonchev–Trinajstić information content (AvgIpc) is 3.21. The van der Waals surface area contributed by atoms with Crippen molar-refractivity contribution in [3.8, 4) is 11.5 Å².